The Balaban J connectivity index is 0.00000276. The topological polar surface area (TPSA) is 44.2 Å². The molecule has 4 heterocycles. The molecule has 0 unspecified atom stereocenters. The Bertz CT molecular complexity index is 2100. The molecule has 0 saturated carbocycles. The van der Waals surface area contributed by atoms with Crippen LogP contribution in [-0.2, 0) is 21.1 Å². The maximum absolute atomic E-state index is 6.49. The number of hydrogen-bond donors (Lipinski definition) is 0. The van der Waals surface area contributed by atoms with Gasteiger partial charge in [-0.3, -0.25) is 0 Å². The van der Waals surface area contributed by atoms with Gasteiger partial charge in [-0.25, -0.2) is 0 Å². The van der Waals surface area contributed by atoms with Crippen LogP contribution in [0.2, 0.25) is 0 Å². The molecule has 0 aliphatic carbocycles. The van der Waals surface area contributed by atoms with Gasteiger partial charge in [-0.05, 0) is 46.0 Å². The van der Waals surface area contributed by atoms with Crippen molar-refractivity contribution in [3.63, 3.8) is 0 Å². The minimum absolute atomic E-state index is 0. The first-order valence-electron chi connectivity index (χ1n) is 13.0. The van der Waals surface area contributed by atoms with Crippen LogP contribution in [0.5, 0.6) is 23.0 Å². The number of aromatic nitrogens is 2. The quantitative estimate of drug-likeness (QED) is 0.170. The summed E-state index contributed by atoms with van der Waals surface area (Å²) in [6.07, 6.45) is 3.66. The molecule has 41 heavy (non-hydrogen) atoms. The summed E-state index contributed by atoms with van der Waals surface area (Å²) >= 11 is 1.68. The summed E-state index contributed by atoms with van der Waals surface area (Å²) < 4.78 is 13.9. The number of hydrogen-bond acceptors (Lipinski definition) is 5. The molecule has 0 bridgehead atoms. The summed E-state index contributed by atoms with van der Waals surface area (Å²) in [5.41, 5.74) is 6.51. The van der Waals surface area contributed by atoms with Gasteiger partial charge in [-0.1, -0.05) is 55.5 Å². The minimum Gasteiger partial charge on any atom is -0.497 e. The minimum atomic E-state index is 0. The van der Waals surface area contributed by atoms with Crippen molar-refractivity contribution >= 4 is 32.2 Å². The van der Waals surface area contributed by atoms with Crippen LogP contribution in [-0.4, -0.2) is 9.97 Å². The van der Waals surface area contributed by atoms with E-state index in [1.807, 2.05) is 67.8 Å². The van der Waals surface area contributed by atoms with Gasteiger partial charge in [-0.2, -0.15) is 11.3 Å². The first kappa shape index (κ1) is 25.6. The molecule has 0 saturated heterocycles. The van der Waals surface area contributed by atoms with Gasteiger partial charge in [0, 0.05) is 50.9 Å². The van der Waals surface area contributed by atoms with Crippen LogP contribution in [0.4, 0.5) is 0 Å². The molecule has 4 nitrogen and oxygen atoms in total. The van der Waals surface area contributed by atoms with E-state index in [0.717, 1.165) is 66.2 Å². The van der Waals surface area contributed by atoms with Crippen LogP contribution in [0.3, 0.4) is 0 Å². The van der Waals surface area contributed by atoms with Crippen LogP contribution in [0.25, 0.3) is 54.5 Å². The molecule has 0 N–H and O–H groups in total. The van der Waals surface area contributed by atoms with Gasteiger partial charge in [0.1, 0.15) is 11.5 Å². The molecule has 1 aliphatic heterocycles. The molecule has 3 aromatic heterocycles. The Labute approximate surface area is 255 Å². The van der Waals surface area contributed by atoms with E-state index >= 15 is 0 Å². The number of thiophene rings is 1. The summed E-state index contributed by atoms with van der Waals surface area (Å²) in [7, 11) is 0. The fourth-order valence-corrected chi connectivity index (χ4v) is 6.29. The van der Waals surface area contributed by atoms with Gasteiger partial charge in [0.2, 0.25) is 0 Å². The van der Waals surface area contributed by atoms with Crippen molar-refractivity contribution in [2.75, 3.05) is 0 Å². The average Bonchev–Trinajstić information content (AvgIpc) is 3.46. The second kappa shape index (κ2) is 10.3. The van der Waals surface area contributed by atoms with Gasteiger partial charge in [-0.15, -0.1) is 41.0 Å². The normalized spacial score (nSPS) is 11.5. The van der Waals surface area contributed by atoms with E-state index < -0.39 is 0 Å². The number of ether oxygens (including phenoxy) is 2. The van der Waals surface area contributed by atoms with E-state index in [4.69, 9.17) is 14.5 Å². The monoisotopic (exact) mass is 727 g/mol. The van der Waals surface area contributed by atoms with E-state index in [9.17, 15) is 0 Å². The first-order valence-corrected chi connectivity index (χ1v) is 13.9. The summed E-state index contributed by atoms with van der Waals surface area (Å²) in [5, 5.41) is 5.53. The molecule has 0 amide bonds. The fraction of sp³-hybridized carbons (Fsp3) is 0.0286. The Kier molecular flexibility index (Phi) is 6.42. The van der Waals surface area contributed by atoms with E-state index in [2.05, 4.69) is 58.9 Å². The van der Waals surface area contributed by atoms with Crippen molar-refractivity contribution in [1.82, 2.24) is 9.97 Å². The zero-order chi connectivity index (χ0) is 26.6. The molecular weight excluding hydrogens is 708 g/mol. The van der Waals surface area contributed by atoms with Gasteiger partial charge in [0.05, 0.1) is 0 Å². The summed E-state index contributed by atoms with van der Waals surface area (Å²) in [6.45, 7) is 2.04. The summed E-state index contributed by atoms with van der Waals surface area (Å²) in [4.78, 5) is 9.37. The van der Waals surface area contributed by atoms with E-state index in [1.54, 1.807) is 11.3 Å². The predicted octanol–water partition coefficient (Wildman–Crippen LogP) is 9.65. The van der Waals surface area contributed by atoms with Crippen LogP contribution >= 0.6 is 11.3 Å². The van der Waals surface area contributed by atoms with Crippen molar-refractivity contribution in [3.05, 3.63) is 120 Å². The zero-order valence-electron chi connectivity index (χ0n) is 21.8. The third kappa shape index (κ3) is 4.42. The molecule has 0 fully saturated rings. The molecular formula is C35H20N2O2PtS. The number of benzene rings is 4. The predicted molar refractivity (Wildman–Crippen MR) is 160 cm³/mol. The maximum atomic E-state index is 6.49. The summed E-state index contributed by atoms with van der Waals surface area (Å²) in [5.74, 6) is 2.74. The van der Waals surface area contributed by atoms with Gasteiger partial charge >= 0.3 is 21.1 Å². The zero-order valence-corrected chi connectivity index (χ0v) is 24.8. The Morgan fingerprint density at radius 3 is 2.46 bits per heavy atom. The van der Waals surface area contributed by atoms with Crippen LogP contribution in [0.15, 0.2) is 103 Å². The fourth-order valence-electron chi connectivity index (χ4n) is 5.39. The maximum Gasteiger partial charge on any atom is 2.00 e. The molecule has 0 atom stereocenters. The van der Waals surface area contributed by atoms with Crippen molar-refractivity contribution in [2.24, 2.45) is 0 Å². The van der Waals surface area contributed by atoms with Crippen molar-refractivity contribution in [2.45, 2.75) is 6.92 Å². The third-order valence-electron chi connectivity index (χ3n) is 7.13. The van der Waals surface area contributed by atoms with Crippen molar-refractivity contribution in [3.8, 4) is 56.6 Å². The molecule has 198 valence electrons. The Morgan fingerprint density at radius 2 is 1.54 bits per heavy atom. The summed E-state index contributed by atoms with van der Waals surface area (Å²) in [6, 6.07) is 35.4. The molecule has 0 spiro atoms. The second-order valence-corrected chi connectivity index (χ2v) is 10.7. The smallest absolute Gasteiger partial charge is 0.497 e. The van der Waals surface area contributed by atoms with Crippen molar-refractivity contribution < 1.29 is 30.5 Å². The van der Waals surface area contributed by atoms with Crippen LogP contribution < -0.4 is 9.47 Å². The average molecular weight is 728 g/mol. The standard InChI is InChI=1S/C35H20N2O2S.Pt/c1-21-17-25(32-34-29(12-15-36-32)28-9-3-5-22-6-4-10-30(39-34)31(22)28)20-27(18-21)38-26-8-2-7-24(19-26)33-35-23(11-14-37-33)13-16-40-35;/h2-18H,1H3;/q-2;+2. The van der Waals surface area contributed by atoms with E-state index in [-0.39, 0.29) is 21.1 Å². The van der Waals surface area contributed by atoms with Crippen molar-refractivity contribution in [1.29, 1.82) is 0 Å². The SMILES string of the molecule is Cc1cc(Oc2[c-]c(-c3nccc4ccsc34)ccc2)[c-]c(-c2nccc3c2Oc2cccc4cccc-3c24)c1.[Pt+2]. The van der Waals surface area contributed by atoms with E-state index in [1.165, 1.54) is 5.39 Å². The first-order chi connectivity index (χ1) is 19.7. The molecule has 1 aliphatic rings. The van der Waals surface area contributed by atoms with Gasteiger partial charge < -0.3 is 19.4 Å². The van der Waals surface area contributed by atoms with Gasteiger partial charge in [0.25, 0.3) is 0 Å². The largest absolute Gasteiger partial charge is 2.00 e. The van der Waals surface area contributed by atoms with E-state index in [0.29, 0.717) is 11.5 Å². The Morgan fingerprint density at radius 1 is 0.732 bits per heavy atom. The van der Waals surface area contributed by atoms with Gasteiger partial charge in [0.15, 0.2) is 0 Å². The molecule has 0 radical (unpaired) electrons. The second-order valence-electron chi connectivity index (χ2n) is 9.76. The van der Waals surface area contributed by atoms with Crippen LogP contribution in [0, 0.1) is 19.1 Å². The number of pyridine rings is 2. The number of fused-ring (bicyclic) bond motifs is 3. The van der Waals surface area contributed by atoms with Crippen LogP contribution in [0.1, 0.15) is 5.56 Å². The number of aryl methyl sites for hydroxylation is 1. The molecule has 7 aromatic rings. The molecule has 8 rings (SSSR count). The Hall–Kier alpha value is -4.31. The third-order valence-corrected chi connectivity index (χ3v) is 8.07. The molecule has 4 aromatic carbocycles. The number of rotatable bonds is 4. The number of nitrogens with zero attached hydrogens (tertiary/aromatic N) is 2. The molecule has 6 heteroatoms.